The van der Waals surface area contributed by atoms with E-state index < -0.39 is 12.1 Å². The molecule has 3 amide bonds. The largest absolute Gasteiger partial charge is 0.497 e. The number of ether oxygens (including phenoxy) is 2. The molecule has 0 saturated carbocycles. The Morgan fingerprint density at radius 3 is 2.59 bits per heavy atom. The highest BCUT2D eigenvalue weighted by Crippen LogP contribution is 2.30. The molecule has 3 aromatic carbocycles. The third-order valence-electron chi connectivity index (χ3n) is 5.50. The molecule has 1 aliphatic rings. The SMILES string of the molecule is CCC1Oc2ccc(NC(=O)Nc3cccc(Cl)c3)cc2CN(Cc2cccc(OC)c2)C1=O. The molecule has 4 rings (SSSR count). The molecule has 1 aliphatic heterocycles. The summed E-state index contributed by atoms with van der Waals surface area (Å²) in [5.41, 5.74) is 2.95. The first-order valence-corrected chi connectivity index (χ1v) is 11.4. The second-order valence-electron chi connectivity index (χ2n) is 7.97. The van der Waals surface area contributed by atoms with Crippen LogP contribution in [0.15, 0.2) is 66.7 Å². The molecule has 1 atom stereocenters. The van der Waals surface area contributed by atoms with Gasteiger partial charge in [-0.15, -0.1) is 0 Å². The summed E-state index contributed by atoms with van der Waals surface area (Å²) in [5, 5.41) is 6.12. The normalized spacial score (nSPS) is 15.1. The average molecular weight is 480 g/mol. The molecular formula is C26H26ClN3O4. The van der Waals surface area contributed by atoms with Gasteiger partial charge >= 0.3 is 6.03 Å². The molecular weight excluding hydrogens is 454 g/mol. The highest BCUT2D eigenvalue weighted by molar-refractivity contribution is 6.30. The topological polar surface area (TPSA) is 79.9 Å². The summed E-state index contributed by atoms with van der Waals surface area (Å²) in [4.78, 5) is 27.4. The van der Waals surface area contributed by atoms with E-state index in [1.54, 1.807) is 48.4 Å². The van der Waals surface area contributed by atoms with Crippen molar-refractivity contribution in [3.63, 3.8) is 0 Å². The van der Waals surface area contributed by atoms with E-state index in [2.05, 4.69) is 10.6 Å². The van der Waals surface area contributed by atoms with Gasteiger partial charge in [0.2, 0.25) is 0 Å². The van der Waals surface area contributed by atoms with E-state index in [9.17, 15) is 9.59 Å². The van der Waals surface area contributed by atoms with Gasteiger partial charge in [0, 0.05) is 35.1 Å². The van der Waals surface area contributed by atoms with Crippen LogP contribution in [0.5, 0.6) is 11.5 Å². The van der Waals surface area contributed by atoms with Crippen LogP contribution >= 0.6 is 11.6 Å². The van der Waals surface area contributed by atoms with Crippen molar-refractivity contribution in [1.29, 1.82) is 0 Å². The Balaban J connectivity index is 1.53. The van der Waals surface area contributed by atoms with Gasteiger partial charge in [0.1, 0.15) is 11.5 Å². The van der Waals surface area contributed by atoms with Crippen LogP contribution in [0.3, 0.4) is 0 Å². The van der Waals surface area contributed by atoms with Gasteiger partial charge in [0.05, 0.1) is 7.11 Å². The van der Waals surface area contributed by atoms with Gasteiger partial charge < -0.3 is 25.0 Å². The summed E-state index contributed by atoms with van der Waals surface area (Å²) in [7, 11) is 1.62. The number of amides is 3. The fourth-order valence-corrected chi connectivity index (χ4v) is 4.02. The Morgan fingerprint density at radius 1 is 1.09 bits per heavy atom. The minimum absolute atomic E-state index is 0.0743. The number of methoxy groups -OCH3 is 1. The maximum absolute atomic E-state index is 13.2. The van der Waals surface area contributed by atoms with Crippen LogP contribution in [0, 0.1) is 0 Å². The molecule has 0 fully saturated rings. The summed E-state index contributed by atoms with van der Waals surface area (Å²) in [5.74, 6) is 1.30. The Kier molecular flexibility index (Phi) is 7.23. The Labute approximate surface area is 203 Å². The van der Waals surface area contributed by atoms with E-state index in [4.69, 9.17) is 21.1 Å². The zero-order valence-electron chi connectivity index (χ0n) is 19.0. The Bertz CT molecular complexity index is 1200. The van der Waals surface area contributed by atoms with Crippen molar-refractivity contribution >= 4 is 34.9 Å². The number of carbonyl (C=O) groups excluding carboxylic acids is 2. The van der Waals surface area contributed by atoms with Crippen molar-refractivity contribution in [3.8, 4) is 11.5 Å². The fourth-order valence-electron chi connectivity index (χ4n) is 3.83. The van der Waals surface area contributed by atoms with E-state index in [0.717, 1.165) is 16.9 Å². The minimum atomic E-state index is -0.572. The number of halogens is 1. The van der Waals surface area contributed by atoms with Crippen LogP contribution < -0.4 is 20.1 Å². The van der Waals surface area contributed by atoms with Crippen LogP contribution in [-0.4, -0.2) is 30.1 Å². The number of anilines is 2. The number of nitrogens with one attached hydrogen (secondary N) is 2. The Morgan fingerprint density at radius 2 is 1.85 bits per heavy atom. The van der Waals surface area contributed by atoms with Crippen molar-refractivity contribution in [1.82, 2.24) is 4.90 Å². The maximum Gasteiger partial charge on any atom is 0.323 e. The third-order valence-corrected chi connectivity index (χ3v) is 5.73. The van der Waals surface area contributed by atoms with Gasteiger partial charge in [0.15, 0.2) is 6.10 Å². The molecule has 1 unspecified atom stereocenters. The zero-order chi connectivity index (χ0) is 24.1. The average Bonchev–Trinajstić information content (AvgIpc) is 2.95. The summed E-state index contributed by atoms with van der Waals surface area (Å²) < 4.78 is 11.4. The first kappa shape index (κ1) is 23.4. The van der Waals surface area contributed by atoms with E-state index in [-0.39, 0.29) is 5.91 Å². The van der Waals surface area contributed by atoms with Gasteiger partial charge in [-0.05, 0) is 60.5 Å². The molecule has 7 nitrogen and oxygen atoms in total. The van der Waals surface area contributed by atoms with Gasteiger partial charge in [-0.25, -0.2) is 4.79 Å². The standard InChI is InChI=1S/C26H26ClN3O4/c1-3-23-25(31)30(15-17-6-4-9-22(12-17)33-2)16-18-13-21(10-11-24(18)34-23)29-26(32)28-20-8-5-7-19(27)14-20/h4-14,23H,3,15-16H2,1-2H3,(H2,28,29,32). The van der Waals surface area contributed by atoms with E-state index in [1.165, 1.54) is 0 Å². The maximum atomic E-state index is 13.2. The number of hydrogen-bond donors (Lipinski definition) is 2. The monoisotopic (exact) mass is 479 g/mol. The zero-order valence-corrected chi connectivity index (χ0v) is 19.8. The molecule has 0 spiro atoms. The van der Waals surface area contributed by atoms with Crippen molar-refractivity contribution in [2.24, 2.45) is 0 Å². The molecule has 0 aliphatic carbocycles. The first-order valence-electron chi connectivity index (χ1n) is 11.0. The predicted molar refractivity (Wildman–Crippen MR) is 132 cm³/mol. The number of benzene rings is 3. The van der Waals surface area contributed by atoms with Gasteiger partial charge in [0.25, 0.3) is 5.91 Å². The van der Waals surface area contributed by atoms with Crippen molar-refractivity contribution in [2.45, 2.75) is 32.5 Å². The Hall–Kier alpha value is -3.71. The first-order chi connectivity index (χ1) is 16.4. The fraction of sp³-hybridized carbons (Fsp3) is 0.231. The number of hydrogen-bond acceptors (Lipinski definition) is 4. The lowest BCUT2D eigenvalue weighted by molar-refractivity contribution is -0.139. The minimum Gasteiger partial charge on any atom is -0.497 e. The van der Waals surface area contributed by atoms with Gasteiger partial charge in [-0.1, -0.05) is 36.7 Å². The number of carbonyl (C=O) groups is 2. The van der Waals surface area contributed by atoms with Gasteiger partial charge in [-0.2, -0.15) is 0 Å². The van der Waals surface area contributed by atoms with Crippen LogP contribution in [0.4, 0.5) is 16.2 Å². The summed E-state index contributed by atoms with van der Waals surface area (Å²) >= 11 is 5.98. The van der Waals surface area contributed by atoms with Gasteiger partial charge in [-0.3, -0.25) is 4.79 Å². The lowest BCUT2D eigenvalue weighted by atomic mass is 10.1. The quantitative estimate of drug-likeness (QED) is 0.475. The molecule has 34 heavy (non-hydrogen) atoms. The lowest BCUT2D eigenvalue weighted by Gasteiger charge is -2.23. The second kappa shape index (κ2) is 10.5. The van der Waals surface area contributed by atoms with E-state index in [0.29, 0.717) is 41.7 Å². The molecule has 0 radical (unpaired) electrons. The van der Waals surface area contributed by atoms with Crippen molar-refractivity contribution < 1.29 is 19.1 Å². The predicted octanol–water partition coefficient (Wildman–Crippen LogP) is 5.69. The van der Waals surface area contributed by atoms with Crippen molar-refractivity contribution in [3.05, 3.63) is 82.9 Å². The van der Waals surface area contributed by atoms with Crippen LogP contribution in [0.1, 0.15) is 24.5 Å². The molecule has 3 aromatic rings. The van der Waals surface area contributed by atoms with Crippen LogP contribution in [-0.2, 0) is 17.9 Å². The molecule has 0 aromatic heterocycles. The molecule has 2 N–H and O–H groups in total. The molecule has 0 saturated heterocycles. The third kappa shape index (κ3) is 5.61. The number of fused-ring (bicyclic) bond motifs is 1. The summed E-state index contributed by atoms with van der Waals surface area (Å²) in [6.45, 7) is 2.70. The van der Waals surface area contributed by atoms with Crippen molar-refractivity contribution in [2.75, 3.05) is 17.7 Å². The number of nitrogens with zero attached hydrogens (tertiary/aromatic N) is 1. The highest BCUT2D eigenvalue weighted by atomic mass is 35.5. The number of rotatable bonds is 6. The molecule has 176 valence electrons. The van der Waals surface area contributed by atoms with Crippen LogP contribution in [0.25, 0.3) is 0 Å². The molecule has 8 heteroatoms. The summed E-state index contributed by atoms with van der Waals surface area (Å²) in [6, 6.07) is 19.5. The molecule has 0 bridgehead atoms. The van der Waals surface area contributed by atoms with E-state index in [1.807, 2.05) is 37.3 Å². The lowest BCUT2D eigenvalue weighted by Crippen LogP contribution is -2.38. The second-order valence-corrected chi connectivity index (χ2v) is 8.41. The smallest absolute Gasteiger partial charge is 0.323 e. The number of urea groups is 1. The van der Waals surface area contributed by atoms with Crippen LogP contribution in [0.2, 0.25) is 5.02 Å². The molecule has 1 heterocycles. The van der Waals surface area contributed by atoms with E-state index >= 15 is 0 Å². The summed E-state index contributed by atoms with van der Waals surface area (Å²) in [6.07, 6.45) is -0.0219. The highest BCUT2D eigenvalue weighted by Gasteiger charge is 2.30.